The van der Waals surface area contributed by atoms with Gasteiger partial charge in [-0.15, -0.1) is 0 Å². The van der Waals surface area contributed by atoms with Gasteiger partial charge in [-0.05, 0) is 38.4 Å². The molecular formula is C17H25N5O2. The number of aromatic nitrogens is 1. The summed E-state index contributed by atoms with van der Waals surface area (Å²) in [6.07, 6.45) is 3.64. The maximum Gasteiger partial charge on any atom is 0.252 e. The molecule has 3 heterocycles. The summed E-state index contributed by atoms with van der Waals surface area (Å²) in [6.45, 7) is 6.40. The number of primary amides is 1. The van der Waals surface area contributed by atoms with Gasteiger partial charge in [-0.25, -0.2) is 4.98 Å². The highest BCUT2D eigenvalue weighted by atomic mass is 16.2. The predicted octanol–water partition coefficient (Wildman–Crippen LogP) is 0.219. The highest BCUT2D eigenvalue weighted by molar-refractivity contribution is 5.97. The second-order valence-electron chi connectivity index (χ2n) is 6.86. The van der Waals surface area contributed by atoms with Crippen molar-refractivity contribution < 1.29 is 9.59 Å². The van der Waals surface area contributed by atoms with Crippen molar-refractivity contribution in [2.45, 2.75) is 19.8 Å². The molecule has 24 heavy (non-hydrogen) atoms. The molecule has 0 spiro atoms. The Balaban J connectivity index is 1.66. The van der Waals surface area contributed by atoms with E-state index in [1.165, 1.54) is 0 Å². The van der Waals surface area contributed by atoms with E-state index in [0.29, 0.717) is 37.6 Å². The molecule has 0 saturated carbocycles. The predicted molar refractivity (Wildman–Crippen MR) is 91.8 cm³/mol. The molecule has 7 nitrogen and oxygen atoms in total. The SMILES string of the molecule is C[C@]1(C(=O)N2CCN(c3ncccc3C(N)=O)CC2)CCCNC1. The second kappa shape index (κ2) is 6.76. The van der Waals surface area contributed by atoms with E-state index in [-0.39, 0.29) is 11.3 Å². The Bertz CT molecular complexity index is 619. The Morgan fingerprint density at radius 3 is 2.67 bits per heavy atom. The second-order valence-corrected chi connectivity index (χ2v) is 6.86. The van der Waals surface area contributed by atoms with E-state index in [2.05, 4.69) is 17.2 Å². The Kier molecular flexibility index (Phi) is 4.71. The number of carbonyl (C=O) groups excluding carboxylic acids is 2. The lowest BCUT2D eigenvalue weighted by molar-refractivity contribution is -0.142. The molecule has 0 bridgehead atoms. The topological polar surface area (TPSA) is 91.6 Å². The summed E-state index contributed by atoms with van der Waals surface area (Å²) in [5.74, 6) is 0.366. The zero-order chi connectivity index (χ0) is 17.2. The van der Waals surface area contributed by atoms with E-state index >= 15 is 0 Å². The molecule has 7 heteroatoms. The molecule has 1 aromatic rings. The van der Waals surface area contributed by atoms with Crippen molar-refractivity contribution in [2.24, 2.45) is 11.1 Å². The molecule has 3 N–H and O–H groups in total. The lowest BCUT2D eigenvalue weighted by atomic mass is 9.81. The fourth-order valence-electron chi connectivity index (χ4n) is 3.58. The van der Waals surface area contributed by atoms with Crippen LogP contribution in [0.3, 0.4) is 0 Å². The molecule has 130 valence electrons. The van der Waals surface area contributed by atoms with Crippen LogP contribution < -0.4 is 16.0 Å². The van der Waals surface area contributed by atoms with Gasteiger partial charge < -0.3 is 20.9 Å². The van der Waals surface area contributed by atoms with Crippen molar-refractivity contribution in [3.05, 3.63) is 23.9 Å². The normalized spacial score (nSPS) is 24.7. The molecular weight excluding hydrogens is 306 g/mol. The first-order chi connectivity index (χ1) is 11.5. The third kappa shape index (κ3) is 3.21. The molecule has 0 aromatic carbocycles. The summed E-state index contributed by atoms with van der Waals surface area (Å²) < 4.78 is 0. The average Bonchev–Trinajstić information content (AvgIpc) is 2.62. The Morgan fingerprint density at radius 1 is 1.29 bits per heavy atom. The zero-order valence-electron chi connectivity index (χ0n) is 14.1. The maximum absolute atomic E-state index is 12.9. The molecule has 0 radical (unpaired) electrons. The smallest absolute Gasteiger partial charge is 0.252 e. The van der Waals surface area contributed by atoms with Gasteiger partial charge in [0.1, 0.15) is 5.82 Å². The third-order valence-corrected chi connectivity index (χ3v) is 5.03. The summed E-state index contributed by atoms with van der Waals surface area (Å²) in [6, 6.07) is 3.40. The van der Waals surface area contributed by atoms with Crippen LogP contribution in [0.4, 0.5) is 5.82 Å². The van der Waals surface area contributed by atoms with Crippen LogP contribution >= 0.6 is 0 Å². The molecule has 2 fully saturated rings. The summed E-state index contributed by atoms with van der Waals surface area (Å²) >= 11 is 0. The molecule has 0 unspecified atom stereocenters. The van der Waals surface area contributed by atoms with Crippen molar-refractivity contribution in [1.29, 1.82) is 0 Å². The zero-order valence-corrected chi connectivity index (χ0v) is 14.1. The lowest BCUT2D eigenvalue weighted by Crippen LogP contribution is -2.56. The van der Waals surface area contributed by atoms with Crippen LogP contribution in [-0.4, -0.2) is 61.0 Å². The number of hydrogen-bond acceptors (Lipinski definition) is 5. The molecule has 3 rings (SSSR count). The molecule has 2 aliphatic heterocycles. The van der Waals surface area contributed by atoms with Gasteiger partial charge in [0, 0.05) is 38.9 Å². The van der Waals surface area contributed by atoms with Crippen LogP contribution in [0.1, 0.15) is 30.1 Å². The monoisotopic (exact) mass is 331 g/mol. The van der Waals surface area contributed by atoms with Gasteiger partial charge in [-0.3, -0.25) is 9.59 Å². The average molecular weight is 331 g/mol. The van der Waals surface area contributed by atoms with Gasteiger partial charge >= 0.3 is 0 Å². The van der Waals surface area contributed by atoms with Gasteiger partial charge in [-0.1, -0.05) is 0 Å². The first-order valence-corrected chi connectivity index (χ1v) is 8.51. The van der Waals surface area contributed by atoms with Crippen molar-refractivity contribution in [1.82, 2.24) is 15.2 Å². The number of rotatable bonds is 3. The minimum atomic E-state index is -0.475. The number of nitrogens with two attached hydrogens (primary N) is 1. The largest absolute Gasteiger partial charge is 0.365 e. The van der Waals surface area contributed by atoms with Crippen molar-refractivity contribution in [3.8, 4) is 0 Å². The first kappa shape index (κ1) is 16.7. The van der Waals surface area contributed by atoms with Crippen molar-refractivity contribution in [2.75, 3.05) is 44.2 Å². The Hall–Kier alpha value is -2.15. The summed E-state index contributed by atoms with van der Waals surface area (Å²) in [7, 11) is 0. The van der Waals surface area contributed by atoms with Crippen molar-refractivity contribution in [3.63, 3.8) is 0 Å². The van der Waals surface area contributed by atoms with E-state index < -0.39 is 5.91 Å². The minimum absolute atomic E-state index is 0.227. The Morgan fingerprint density at radius 2 is 2.04 bits per heavy atom. The lowest BCUT2D eigenvalue weighted by Gasteiger charge is -2.41. The number of piperazine rings is 1. The number of piperidine rings is 1. The van der Waals surface area contributed by atoms with Crippen LogP contribution in [0.15, 0.2) is 18.3 Å². The number of nitrogens with one attached hydrogen (secondary N) is 1. The van der Waals surface area contributed by atoms with Crippen LogP contribution in [0.25, 0.3) is 0 Å². The molecule has 0 aliphatic carbocycles. The molecule has 1 atom stereocenters. The van der Waals surface area contributed by atoms with Gasteiger partial charge in [0.25, 0.3) is 5.91 Å². The quantitative estimate of drug-likeness (QED) is 0.827. The number of pyridine rings is 1. The highest BCUT2D eigenvalue weighted by Crippen LogP contribution is 2.29. The van der Waals surface area contributed by atoms with Gasteiger partial charge in [0.2, 0.25) is 5.91 Å². The number of carbonyl (C=O) groups is 2. The van der Waals surface area contributed by atoms with E-state index in [9.17, 15) is 9.59 Å². The number of anilines is 1. The van der Waals surface area contributed by atoms with E-state index in [0.717, 1.165) is 25.9 Å². The van der Waals surface area contributed by atoms with Gasteiger partial charge in [0.05, 0.1) is 11.0 Å². The van der Waals surface area contributed by atoms with Crippen LogP contribution in [-0.2, 0) is 4.79 Å². The summed E-state index contributed by atoms with van der Waals surface area (Å²) in [5, 5.41) is 3.33. The van der Waals surface area contributed by atoms with Crippen LogP contribution in [0.5, 0.6) is 0 Å². The van der Waals surface area contributed by atoms with Crippen LogP contribution in [0.2, 0.25) is 0 Å². The maximum atomic E-state index is 12.9. The number of hydrogen-bond donors (Lipinski definition) is 2. The third-order valence-electron chi connectivity index (χ3n) is 5.03. The van der Waals surface area contributed by atoms with Crippen LogP contribution in [0, 0.1) is 5.41 Å². The molecule has 2 amide bonds. The van der Waals surface area contributed by atoms with Crippen molar-refractivity contribution >= 4 is 17.6 Å². The molecule has 2 saturated heterocycles. The minimum Gasteiger partial charge on any atom is -0.365 e. The summed E-state index contributed by atoms with van der Waals surface area (Å²) in [5.41, 5.74) is 5.56. The first-order valence-electron chi connectivity index (χ1n) is 8.51. The van der Waals surface area contributed by atoms with E-state index in [1.807, 2.05) is 9.80 Å². The number of amides is 2. The standard InChI is InChI=1S/C17H25N5O2/c1-17(5-3-6-19-12-17)16(24)22-10-8-21(9-11-22)15-13(14(18)23)4-2-7-20-15/h2,4,7,19H,3,5-6,8-12H2,1H3,(H2,18,23)/t17-/m0/s1. The van der Waals surface area contributed by atoms with E-state index in [1.54, 1.807) is 18.3 Å². The Labute approximate surface area is 142 Å². The molecule has 2 aliphatic rings. The number of nitrogens with zero attached hydrogens (tertiary/aromatic N) is 3. The summed E-state index contributed by atoms with van der Waals surface area (Å²) in [4.78, 5) is 32.7. The molecule has 1 aromatic heterocycles. The van der Waals surface area contributed by atoms with E-state index in [4.69, 9.17) is 5.73 Å². The van der Waals surface area contributed by atoms with Gasteiger partial charge in [0.15, 0.2) is 0 Å². The highest BCUT2D eigenvalue weighted by Gasteiger charge is 2.38. The van der Waals surface area contributed by atoms with Gasteiger partial charge in [-0.2, -0.15) is 0 Å². The fourth-order valence-corrected chi connectivity index (χ4v) is 3.58. The fraction of sp³-hybridized carbons (Fsp3) is 0.588.